The summed E-state index contributed by atoms with van der Waals surface area (Å²) in [6.07, 6.45) is 0. The summed E-state index contributed by atoms with van der Waals surface area (Å²) in [6, 6.07) is 23.2. The number of ether oxygens (including phenoxy) is 1. The van der Waals surface area contributed by atoms with E-state index in [2.05, 4.69) is 16.5 Å². The van der Waals surface area contributed by atoms with E-state index in [0.717, 1.165) is 16.5 Å². The van der Waals surface area contributed by atoms with Crippen LogP contribution in [-0.4, -0.2) is 14.9 Å². The molecule has 3 aromatic carbocycles. The van der Waals surface area contributed by atoms with Gasteiger partial charge in [0, 0.05) is 23.3 Å². The number of hydrogen-bond acceptors (Lipinski definition) is 5. The van der Waals surface area contributed by atoms with Crippen molar-refractivity contribution in [3.8, 4) is 17.3 Å². The highest BCUT2D eigenvalue weighted by molar-refractivity contribution is 5.86. The minimum atomic E-state index is -0.447. The van der Waals surface area contributed by atoms with E-state index in [1.807, 2.05) is 54.6 Å². The van der Waals surface area contributed by atoms with Crippen LogP contribution in [-0.2, 0) is 0 Å². The van der Waals surface area contributed by atoms with Crippen molar-refractivity contribution < 1.29 is 9.66 Å². The van der Waals surface area contributed by atoms with Crippen molar-refractivity contribution in [2.45, 2.75) is 0 Å². The van der Waals surface area contributed by atoms with Crippen molar-refractivity contribution in [3.63, 3.8) is 0 Å². The van der Waals surface area contributed by atoms with Crippen molar-refractivity contribution in [3.05, 3.63) is 101 Å². The molecule has 0 saturated carbocycles. The predicted octanol–water partition coefficient (Wildman–Crippen LogP) is 5.25. The number of non-ortho nitro benzene ring substituents is 1. The average molecular weight is 369 g/mol. The highest BCUT2D eigenvalue weighted by Crippen LogP contribution is 2.29. The zero-order chi connectivity index (χ0) is 19.5. The monoisotopic (exact) mass is 369 g/mol. The van der Waals surface area contributed by atoms with Crippen molar-refractivity contribution in [1.29, 1.82) is 0 Å². The Kier molecular flexibility index (Phi) is 4.51. The van der Waals surface area contributed by atoms with E-state index in [9.17, 15) is 10.1 Å². The van der Waals surface area contributed by atoms with Gasteiger partial charge in [-0.2, -0.15) is 4.98 Å². The van der Waals surface area contributed by atoms with Crippen LogP contribution in [0.5, 0.6) is 5.88 Å². The molecule has 136 valence electrons. The number of fused-ring (bicyclic) bond motifs is 1. The zero-order valence-electron chi connectivity index (χ0n) is 14.8. The third kappa shape index (κ3) is 3.43. The number of nitrogens with zero attached hydrogens (tertiary/aromatic N) is 3. The average Bonchev–Trinajstić information content (AvgIpc) is 2.74. The van der Waals surface area contributed by atoms with E-state index in [1.165, 1.54) is 12.1 Å². The number of benzene rings is 3. The van der Waals surface area contributed by atoms with E-state index >= 15 is 0 Å². The molecule has 4 rings (SSSR count). The van der Waals surface area contributed by atoms with Crippen LogP contribution in [0, 0.1) is 10.1 Å². The molecular weight excluding hydrogens is 354 g/mol. The third-order valence-corrected chi connectivity index (χ3v) is 4.22. The van der Waals surface area contributed by atoms with Gasteiger partial charge in [-0.05, 0) is 24.3 Å². The van der Waals surface area contributed by atoms with Gasteiger partial charge >= 0.3 is 0 Å². The summed E-state index contributed by atoms with van der Waals surface area (Å²) in [5.74, 6) is 1.27. The van der Waals surface area contributed by atoms with Gasteiger partial charge in [-0.1, -0.05) is 49.0 Å². The van der Waals surface area contributed by atoms with Gasteiger partial charge in [0.15, 0.2) is 5.82 Å². The fraction of sp³-hybridized carbons (Fsp3) is 0. The van der Waals surface area contributed by atoms with Crippen LogP contribution < -0.4 is 4.74 Å². The molecule has 0 aliphatic heterocycles. The molecule has 0 radical (unpaired) electrons. The lowest BCUT2D eigenvalue weighted by Gasteiger charge is -2.12. The maximum absolute atomic E-state index is 10.8. The molecule has 0 spiro atoms. The van der Waals surface area contributed by atoms with Gasteiger partial charge in [-0.25, -0.2) is 4.98 Å². The van der Waals surface area contributed by atoms with Crippen LogP contribution in [0.2, 0.25) is 0 Å². The van der Waals surface area contributed by atoms with Crippen molar-refractivity contribution >= 4 is 22.3 Å². The molecule has 0 saturated heterocycles. The Labute approximate surface area is 160 Å². The Morgan fingerprint density at radius 1 is 0.893 bits per heavy atom. The van der Waals surface area contributed by atoms with Crippen LogP contribution in [0.4, 0.5) is 5.69 Å². The van der Waals surface area contributed by atoms with E-state index in [1.54, 1.807) is 12.1 Å². The number of para-hydroxylation sites is 1. The van der Waals surface area contributed by atoms with Gasteiger partial charge in [0.1, 0.15) is 5.76 Å². The molecule has 6 heteroatoms. The highest BCUT2D eigenvalue weighted by atomic mass is 16.6. The lowest BCUT2D eigenvalue weighted by atomic mass is 10.1. The minimum Gasteiger partial charge on any atom is -0.438 e. The summed E-state index contributed by atoms with van der Waals surface area (Å²) >= 11 is 0. The van der Waals surface area contributed by atoms with E-state index < -0.39 is 4.92 Å². The summed E-state index contributed by atoms with van der Waals surface area (Å²) in [5.41, 5.74) is 2.27. The Hall–Kier alpha value is -4.06. The van der Waals surface area contributed by atoms with Gasteiger partial charge in [-0.3, -0.25) is 10.1 Å². The molecule has 0 atom stereocenters. The fourth-order valence-corrected chi connectivity index (χ4v) is 2.79. The molecule has 0 N–H and O–H groups in total. The molecule has 1 aromatic heterocycles. The van der Waals surface area contributed by atoms with E-state index in [4.69, 9.17) is 4.74 Å². The first-order valence-electron chi connectivity index (χ1n) is 8.55. The topological polar surface area (TPSA) is 78.2 Å². The van der Waals surface area contributed by atoms with E-state index in [-0.39, 0.29) is 5.69 Å². The standard InChI is InChI=1S/C22H15N3O3/c1-15(16-11-13-18(14-12-16)25(26)27)28-22-19-9-5-6-10-20(19)23-21(24-22)17-7-3-2-4-8-17/h2-14H,1H2. The van der Waals surface area contributed by atoms with Gasteiger partial charge in [0.2, 0.25) is 5.88 Å². The quantitative estimate of drug-likeness (QED) is 0.273. The van der Waals surface area contributed by atoms with Crippen LogP contribution in [0.1, 0.15) is 5.56 Å². The molecule has 1 heterocycles. The van der Waals surface area contributed by atoms with Crippen LogP contribution >= 0.6 is 0 Å². The minimum absolute atomic E-state index is 0.00963. The number of nitro groups is 1. The second-order valence-electron chi connectivity index (χ2n) is 6.06. The maximum atomic E-state index is 10.8. The molecule has 0 aliphatic carbocycles. The second-order valence-corrected chi connectivity index (χ2v) is 6.06. The molecule has 0 unspecified atom stereocenters. The molecule has 28 heavy (non-hydrogen) atoms. The molecule has 0 fully saturated rings. The summed E-state index contributed by atoms with van der Waals surface area (Å²) in [7, 11) is 0. The van der Waals surface area contributed by atoms with Crippen LogP contribution in [0.3, 0.4) is 0 Å². The smallest absolute Gasteiger partial charge is 0.269 e. The second kappa shape index (κ2) is 7.28. The predicted molar refractivity (Wildman–Crippen MR) is 108 cm³/mol. The third-order valence-electron chi connectivity index (χ3n) is 4.22. The maximum Gasteiger partial charge on any atom is 0.269 e. The van der Waals surface area contributed by atoms with E-state index in [0.29, 0.717) is 23.0 Å². The summed E-state index contributed by atoms with van der Waals surface area (Å²) in [6.45, 7) is 3.95. The first kappa shape index (κ1) is 17.4. The lowest BCUT2D eigenvalue weighted by molar-refractivity contribution is -0.384. The van der Waals surface area contributed by atoms with Gasteiger partial charge in [0.05, 0.1) is 15.8 Å². The summed E-state index contributed by atoms with van der Waals surface area (Å²) in [5, 5.41) is 11.6. The molecule has 0 bridgehead atoms. The molecule has 0 amide bonds. The normalized spacial score (nSPS) is 10.6. The molecule has 4 aromatic rings. The Balaban J connectivity index is 1.73. The van der Waals surface area contributed by atoms with Crippen molar-refractivity contribution in [1.82, 2.24) is 9.97 Å². The first-order chi connectivity index (χ1) is 13.6. The highest BCUT2D eigenvalue weighted by Gasteiger charge is 2.13. The number of nitro benzene ring substituents is 1. The van der Waals surface area contributed by atoms with Crippen molar-refractivity contribution in [2.24, 2.45) is 0 Å². The number of hydrogen-bond donors (Lipinski definition) is 0. The van der Waals surface area contributed by atoms with Crippen LogP contribution in [0.15, 0.2) is 85.4 Å². The zero-order valence-corrected chi connectivity index (χ0v) is 14.8. The summed E-state index contributed by atoms with van der Waals surface area (Å²) < 4.78 is 5.96. The van der Waals surface area contributed by atoms with Gasteiger partial charge in [0.25, 0.3) is 5.69 Å². The fourth-order valence-electron chi connectivity index (χ4n) is 2.79. The molecule has 6 nitrogen and oxygen atoms in total. The summed E-state index contributed by atoms with van der Waals surface area (Å²) in [4.78, 5) is 19.6. The molecule has 0 aliphatic rings. The number of aromatic nitrogens is 2. The largest absolute Gasteiger partial charge is 0.438 e. The molecular formula is C22H15N3O3. The first-order valence-corrected chi connectivity index (χ1v) is 8.55. The number of rotatable bonds is 5. The Bertz CT molecular complexity index is 1170. The Morgan fingerprint density at radius 2 is 1.57 bits per heavy atom. The Morgan fingerprint density at radius 3 is 2.29 bits per heavy atom. The van der Waals surface area contributed by atoms with Crippen LogP contribution in [0.25, 0.3) is 28.0 Å². The lowest BCUT2D eigenvalue weighted by Crippen LogP contribution is -2.00. The van der Waals surface area contributed by atoms with Gasteiger partial charge < -0.3 is 4.74 Å². The SMILES string of the molecule is C=C(Oc1nc(-c2ccccc2)nc2ccccc12)c1ccc([N+](=O)[O-])cc1. The van der Waals surface area contributed by atoms with Gasteiger partial charge in [-0.15, -0.1) is 0 Å². The van der Waals surface area contributed by atoms with Crippen molar-refractivity contribution in [2.75, 3.05) is 0 Å².